The van der Waals surface area contributed by atoms with Crippen molar-refractivity contribution >= 4 is 17.5 Å². The van der Waals surface area contributed by atoms with Gasteiger partial charge in [0.15, 0.2) is 0 Å². The van der Waals surface area contributed by atoms with Crippen molar-refractivity contribution in [3.63, 3.8) is 0 Å². The van der Waals surface area contributed by atoms with Crippen LogP contribution >= 0.6 is 11.6 Å². The van der Waals surface area contributed by atoms with Gasteiger partial charge in [0, 0.05) is 18.2 Å². The van der Waals surface area contributed by atoms with E-state index in [1.54, 1.807) is 0 Å². The van der Waals surface area contributed by atoms with Crippen molar-refractivity contribution in [3.8, 4) is 0 Å². The number of nitrogens with one attached hydrogen (secondary N) is 1. The van der Waals surface area contributed by atoms with E-state index in [0.717, 1.165) is 18.4 Å². The lowest BCUT2D eigenvalue weighted by Crippen LogP contribution is -2.39. The molecule has 1 aliphatic rings. The van der Waals surface area contributed by atoms with Gasteiger partial charge in [0.2, 0.25) is 5.91 Å². The summed E-state index contributed by atoms with van der Waals surface area (Å²) in [6, 6.07) is 7.83. The van der Waals surface area contributed by atoms with Crippen molar-refractivity contribution in [2.75, 3.05) is 27.2 Å². The minimum Gasteiger partial charge on any atom is -0.368 e. The topological polar surface area (TPSA) is 41.6 Å². The zero-order valence-electron chi connectivity index (χ0n) is 11.9. The van der Waals surface area contributed by atoms with Crippen molar-refractivity contribution in [3.05, 3.63) is 34.9 Å². The molecular weight excluding hydrogens is 276 g/mol. The van der Waals surface area contributed by atoms with Crippen molar-refractivity contribution < 1.29 is 9.53 Å². The minimum atomic E-state index is -0.280. The first-order valence-corrected chi connectivity index (χ1v) is 7.27. The normalized spacial score (nSPS) is 20.1. The van der Waals surface area contributed by atoms with E-state index in [-0.39, 0.29) is 18.1 Å². The van der Waals surface area contributed by atoms with Gasteiger partial charge in [-0.25, -0.2) is 0 Å². The third-order valence-corrected chi connectivity index (χ3v) is 3.78. The second-order valence-electron chi connectivity index (χ2n) is 5.28. The first-order chi connectivity index (χ1) is 9.58. The smallest absolute Gasteiger partial charge is 0.249 e. The van der Waals surface area contributed by atoms with Gasteiger partial charge in [0.05, 0.1) is 6.04 Å². The molecule has 2 rings (SSSR count). The molecule has 1 aromatic carbocycles. The third kappa shape index (κ3) is 3.95. The molecule has 1 fully saturated rings. The van der Waals surface area contributed by atoms with Crippen LogP contribution in [0.15, 0.2) is 24.3 Å². The van der Waals surface area contributed by atoms with Crippen LogP contribution in [-0.4, -0.2) is 44.2 Å². The molecule has 1 aliphatic heterocycles. The predicted molar refractivity (Wildman–Crippen MR) is 79.9 cm³/mol. The van der Waals surface area contributed by atoms with Gasteiger partial charge in [-0.2, -0.15) is 0 Å². The molecule has 0 saturated carbocycles. The maximum absolute atomic E-state index is 12.0. The van der Waals surface area contributed by atoms with Gasteiger partial charge in [-0.05, 0) is 44.6 Å². The number of carbonyl (C=O) groups is 1. The second-order valence-corrected chi connectivity index (χ2v) is 5.72. The van der Waals surface area contributed by atoms with Crippen LogP contribution in [0.4, 0.5) is 0 Å². The number of hydrogen-bond donors (Lipinski definition) is 1. The fourth-order valence-corrected chi connectivity index (χ4v) is 2.61. The summed E-state index contributed by atoms with van der Waals surface area (Å²) in [5, 5.41) is 3.68. The molecule has 0 aromatic heterocycles. The van der Waals surface area contributed by atoms with E-state index in [0.29, 0.717) is 18.2 Å². The van der Waals surface area contributed by atoms with Crippen LogP contribution in [-0.2, 0) is 9.53 Å². The van der Waals surface area contributed by atoms with Gasteiger partial charge >= 0.3 is 0 Å². The molecule has 2 unspecified atom stereocenters. The van der Waals surface area contributed by atoms with Gasteiger partial charge in [-0.1, -0.05) is 23.7 Å². The lowest BCUT2D eigenvalue weighted by molar-refractivity contribution is -0.130. The quantitative estimate of drug-likeness (QED) is 0.906. The molecule has 0 radical (unpaired) electrons. The first kappa shape index (κ1) is 15.3. The van der Waals surface area contributed by atoms with Gasteiger partial charge in [-0.3, -0.25) is 4.79 Å². The summed E-state index contributed by atoms with van der Waals surface area (Å²) in [6.45, 7) is 1.23. The van der Waals surface area contributed by atoms with Crippen LogP contribution in [0.2, 0.25) is 5.02 Å². The van der Waals surface area contributed by atoms with Crippen molar-refractivity contribution in [1.82, 2.24) is 10.2 Å². The van der Waals surface area contributed by atoms with E-state index < -0.39 is 0 Å². The Bertz CT molecular complexity index is 459. The average Bonchev–Trinajstić information content (AvgIpc) is 2.92. The Kier molecular flexibility index (Phi) is 5.40. The highest BCUT2D eigenvalue weighted by atomic mass is 35.5. The minimum absolute atomic E-state index is 0.0172. The maximum Gasteiger partial charge on any atom is 0.249 e. The van der Waals surface area contributed by atoms with E-state index in [2.05, 4.69) is 10.2 Å². The standard InChI is InChI=1S/C15H21ClN2O2/c1-18(2)13(11-5-3-6-12(16)9-11)10-17-15(19)14-7-4-8-20-14/h3,5-6,9,13-14H,4,7-8,10H2,1-2H3,(H,17,19). The Morgan fingerprint density at radius 1 is 1.55 bits per heavy atom. The SMILES string of the molecule is CN(C)C(CNC(=O)C1CCCO1)c1cccc(Cl)c1. The molecule has 1 heterocycles. The number of likely N-dealkylation sites (N-methyl/N-ethyl adjacent to an activating group) is 1. The molecule has 1 aromatic rings. The summed E-state index contributed by atoms with van der Waals surface area (Å²) in [7, 11) is 3.98. The number of nitrogens with zero attached hydrogens (tertiary/aromatic N) is 1. The average molecular weight is 297 g/mol. The second kappa shape index (κ2) is 7.07. The molecule has 1 N–H and O–H groups in total. The van der Waals surface area contributed by atoms with E-state index in [4.69, 9.17) is 16.3 Å². The summed E-state index contributed by atoms with van der Waals surface area (Å²) in [4.78, 5) is 14.1. The van der Waals surface area contributed by atoms with Crippen LogP contribution in [0.1, 0.15) is 24.4 Å². The first-order valence-electron chi connectivity index (χ1n) is 6.89. The van der Waals surface area contributed by atoms with E-state index >= 15 is 0 Å². The van der Waals surface area contributed by atoms with Crippen LogP contribution in [0.5, 0.6) is 0 Å². The lowest BCUT2D eigenvalue weighted by atomic mass is 10.1. The molecular formula is C15H21ClN2O2. The Morgan fingerprint density at radius 3 is 2.95 bits per heavy atom. The molecule has 4 nitrogen and oxygen atoms in total. The number of amides is 1. The highest BCUT2D eigenvalue weighted by Crippen LogP contribution is 2.21. The third-order valence-electron chi connectivity index (χ3n) is 3.55. The van der Waals surface area contributed by atoms with Crippen LogP contribution in [0, 0.1) is 0 Å². The molecule has 2 atom stereocenters. The molecule has 0 spiro atoms. The maximum atomic E-state index is 12.0. The predicted octanol–water partition coefficient (Wildman–Crippen LogP) is 2.24. The Labute approximate surface area is 125 Å². The Hall–Kier alpha value is -1.10. The number of carbonyl (C=O) groups excluding carboxylic acids is 1. The van der Waals surface area contributed by atoms with Crippen molar-refractivity contribution in [2.24, 2.45) is 0 Å². The van der Waals surface area contributed by atoms with Crippen LogP contribution in [0.25, 0.3) is 0 Å². The summed E-state index contributed by atoms with van der Waals surface area (Å²) >= 11 is 6.03. The largest absolute Gasteiger partial charge is 0.368 e. The summed E-state index contributed by atoms with van der Waals surface area (Å²) < 4.78 is 5.39. The van der Waals surface area contributed by atoms with Gasteiger partial charge in [0.25, 0.3) is 0 Å². The zero-order chi connectivity index (χ0) is 14.5. The highest BCUT2D eigenvalue weighted by Gasteiger charge is 2.24. The lowest BCUT2D eigenvalue weighted by Gasteiger charge is -2.25. The number of hydrogen-bond acceptors (Lipinski definition) is 3. The van der Waals surface area contributed by atoms with Crippen molar-refractivity contribution in [2.45, 2.75) is 25.0 Å². The molecule has 0 bridgehead atoms. The number of halogens is 1. The highest BCUT2D eigenvalue weighted by molar-refractivity contribution is 6.30. The number of benzene rings is 1. The van der Waals surface area contributed by atoms with Crippen LogP contribution < -0.4 is 5.32 Å². The Morgan fingerprint density at radius 2 is 2.35 bits per heavy atom. The zero-order valence-corrected chi connectivity index (χ0v) is 12.7. The molecule has 5 heteroatoms. The molecule has 110 valence electrons. The number of rotatable bonds is 5. The summed E-state index contributed by atoms with van der Waals surface area (Å²) in [6.07, 6.45) is 1.50. The molecule has 1 amide bonds. The van der Waals surface area contributed by atoms with Crippen molar-refractivity contribution in [1.29, 1.82) is 0 Å². The monoisotopic (exact) mass is 296 g/mol. The fourth-order valence-electron chi connectivity index (χ4n) is 2.41. The fraction of sp³-hybridized carbons (Fsp3) is 0.533. The van der Waals surface area contributed by atoms with E-state index in [1.807, 2.05) is 38.4 Å². The van der Waals surface area contributed by atoms with E-state index in [9.17, 15) is 4.79 Å². The number of ether oxygens (including phenoxy) is 1. The van der Waals surface area contributed by atoms with Gasteiger partial charge in [-0.15, -0.1) is 0 Å². The molecule has 20 heavy (non-hydrogen) atoms. The molecule has 0 aliphatic carbocycles. The van der Waals surface area contributed by atoms with E-state index in [1.165, 1.54) is 0 Å². The molecule has 1 saturated heterocycles. The van der Waals surface area contributed by atoms with Gasteiger partial charge in [0.1, 0.15) is 6.10 Å². The van der Waals surface area contributed by atoms with Gasteiger partial charge < -0.3 is 15.0 Å². The van der Waals surface area contributed by atoms with Crippen LogP contribution in [0.3, 0.4) is 0 Å². The summed E-state index contributed by atoms with van der Waals surface area (Å²) in [5.41, 5.74) is 1.09. The Balaban J connectivity index is 1.97. The summed E-state index contributed by atoms with van der Waals surface area (Å²) in [5.74, 6) is -0.0172.